The molecule has 6 unspecified atom stereocenters. The van der Waals surface area contributed by atoms with Crippen molar-refractivity contribution in [2.24, 2.45) is 0 Å². The van der Waals surface area contributed by atoms with Crippen LogP contribution < -0.4 is 0 Å². The highest BCUT2D eigenvalue weighted by Gasteiger charge is 2.16. The van der Waals surface area contributed by atoms with Gasteiger partial charge in [0.05, 0.1) is 39.1 Å². The Balaban J connectivity index is 4.25. The highest BCUT2D eigenvalue weighted by atomic mass is 16.6. The van der Waals surface area contributed by atoms with Crippen molar-refractivity contribution in [2.45, 2.75) is 308 Å². The molecule has 0 fully saturated rings. The molecule has 0 heterocycles. The second kappa shape index (κ2) is 57.0. The maximum Gasteiger partial charge on any atom is 0.306 e. The second-order valence-electron chi connectivity index (χ2n) is 21.4. The average Bonchev–Trinajstić information content (AvgIpc) is 3.40. The first-order valence-corrected chi connectivity index (χ1v) is 31.0. The van der Waals surface area contributed by atoms with Crippen molar-refractivity contribution in [2.75, 3.05) is 39.6 Å². The maximum atomic E-state index is 12.9. The van der Waals surface area contributed by atoms with Crippen LogP contribution in [-0.4, -0.2) is 120 Å². The third-order valence-corrected chi connectivity index (χ3v) is 13.6. The number of aliphatic hydroxyl groups excluding tert-OH is 5. The fraction of sp³-hybridized carbons (Fsp3) is 0.857. The standard InChI is InChI=1S/C63H116O13/c1-4-7-10-31-40-55(65)41-32-25-19-13-16-23-29-38-47-62(70)75-60(43-34-12-9-6-3)45-36-27-21-15-18-24-30-39-48-63(71)76-59(42-33-11-8-5-2)44-35-26-20-14-17-22-28-37-46-61(69)74-54-58(68)53-73-52-57(67)51-72-50-56(66)49-64/h25-27,32,35-36,55-60,64-68H,4-24,28-31,33-34,37-54H2,1-3H3. The van der Waals surface area contributed by atoms with Gasteiger partial charge in [-0.1, -0.05) is 179 Å². The van der Waals surface area contributed by atoms with Crippen LogP contribution in [0.3, 0.4) is 0 Å². The molecule has 0 spiro atoms. The second-order valence-corrected chi connectivity index (χ2v) is 21.4. The summed E-state index contributed by atoms with van der Waals surface area (Å²) in [5, 5.41) is 47.9. The number of aliphatic hydroxyl groups is 5. The van der Waals surface area contributed by atoms with Crippen LogP contribution in [0.4, 0.5) is 0 Å². The Bertz CT molecular complexity index is 1370. The molecular weight excluding hydrogens is 965 g/mol. The molecule has 446 valence electrons. The number of carbonyl (C=O) groups excluding carboxylic acids is 3. The molecule has 76 heavy (non-hydrogen) atoms. The van der Waals surface area contributed by atoms with E-state index in [0.717, 1.165) is 173 Å². The topological polar surface area (TPSA) is 199 Å². The molecule has 6 atom stereocenters. The molecule has 0 saturated carbocycles. The van der Waals surface area contributed by atoms with Crippen molar-refractivity contribution in [1.29, 1.82) is 0 Å². The van der Waals surface area contributed by atoms with E-state index in [1.165, 1.54) is 57.8 Å². The molecule has 0 aromatic heterocycles. The Morgan fingerprint density at radius 3 is 1.12 bits per heavy atom. The smallest absolute Gasteiger partial charge is 0.306 e. The Morgan fingerprint density at radius 2 is 0.697 bits per heavy atom. The summed E-state index contributed by atoms with van der Waals surface area (Å²) in [6.07, 6.45) is 48.8. The van der Waals surface area contributed by atoms with Crippen LogP contribution >= 0.6 is 0 Å². The zero-order chi connectivity index (χ0) is 55.8. The van der Waals surface area contributed by atoms with Gasteiger partial charge in [-0.25, -0.2) is 0 Å². The number of hydrogen-bond donors (Lipinski definition) is 5. The van der Waals surface area contributed by atoms with Gasteiger partial charge >= 0.3 is 17.9 Å². The van der Waals surface area contributed by atoms with Gasteiger partial charge in [0.25, 0.3) is 0 Å². The number of allylic oxidation sites excluding steroid dienone is 3. The third kappa shape index (κ3) is 53.4. The minimum absolute atomic E-state index is 0.0383. The van der Waals surface area contributed by atoms with Crippen molar-refractivity contribution in [3.8, 4) is 0 Å². The van der Waals surface area contributed by atoms with Gasteiger partial charge in [0.15, 0.2) is 0 Å². The molecule has 0 aromatic carbocycles. The van der Waals surface area contributed by atoms with Crippen molar-refractivity contribution in [3.63, 3.8) is 0 Å². The van der Waals surface area contributed by atoms with Gasteiger partial charge in [-0.2, -0.15) is 0 Å². The summed E-state index contributed by atoms with van der Waals surface area (Å²) in [4.78, 5) is 37.7. The predicted octanol–water partition coefficient (Wildman–Crippen LogP) is 13.8. The van der Waals surface area contributed by atoms with Crippen molar-refractivity contribution in [1.82, 2.24) is 0 Å². The molecule has 0 amide bonds. The Hall–Kier alpha value is -2.65. The number of carbonyl (C=O) groups is 3. The maximum absolute atomic E-state index is 12.9. The Labute approximate surface area is 463 Å². The van der Waals surface area contributed by atoms with E-state index in [9.17, 15) is 34.8 Å². The van der Waals surface area contributed by atoms with Crippen LogP contribution in [0.2, 0.25) is 0 Å². The van der Waals surface area contributed by atoms with Gasteiger partial charge in [-0.3, -0.25) is 14.4 Å². The highest BCUT2D eigenvalue weighted by Crippen LogP contribution is 2.18. The molecule has 0 rings (SSSR count). The summed E-state index contributed by atoms with van der Waals surface area (Å²) in [5.74, 6) is -0.500. The van der Waals surface area contributed by atoms with Crippen molar-refractivity contribution >= 4 is 17.9 Å². The number of hydrogen-bond acceptors (Lipinski definition) is 13. The zero-order valence-electron chi connectivity index (χ0n) is 48.8. The SMILES string of the molecule is CCCCCCC(O)CC=CCCCCCCCC(=O)OC(CC=CCCCCCCCC(=O)OC(CC=CCCCCCCCC(=O)OCC(O)COCC(O)COCC(O)CO)CCCCCC)CCCCCC. The normalized spacial score (nSPS) is 14.4. The van der Waals surface area contributed by atoms with E-state index in [-0.39, 0.29) is 75.7 Å². The van der Waals surface area contributed by atoms with E-state index in [4.69, 9.17) is 28.8 Å². The van der Waals surface area contributed by atoms with Crippen LogP contribution in [0.15, 0.2) is 36.5 Å². The van der Waals surface area contributed by atoms with Crippen LogP contribution in [0.1, 0.15) is 271 Å². The van der Waals surface area contributed by atoms with Crippen molar-refractivity contribution < 1.29 is 63.6 Å². The van der Waals surface area contributed by atoms with Gasteiger partial charge < -0.3 is 49.2 Å². The van der Waals surface area contributed by atoms with Gasteiger partial charge in [0, 0.05) is 32.1 Å². The third-order valence-electron chi connectivity index (χ3n) is 13.6. The van der Waals surface area contributed by atoms with E-state index in [1.807, 2.05) is 0 Å². The molecule has 0 aliphatic rings. The predicted molar refractivity (Wildman–Crippen MR) is 308 cm³/mol. The van der Waals surface area contributed by atoms with Gasteiger partial charge in [0.1, 0.15) is 37.1 Å². The summed E-state index contributed by atoms with van der Waals surface area (Å²) in [6.45, 7) is 5.64. The fourth-order valence-corrected chi connectivity index (χ4v) is 8.84. The number of ether oxygens (including phenoxy) is 5. The summed E-state index contributed by atoms with van der Waals surface area (Å²) < 4.78 is 27.4. The summed E-state index contributed by atoms with van der Waals surface area (Å²) >= 11 is 0. The number of unbranched alkanes of at least 4 members (excludes halogenated alkanes) is 24. The van der Waals surface area contributed by atoms with Gasteiger partial charge in [0.2, 0.25) is 0 Å². The van der Waals surface area contributed by atoms with Crippen LogP contribution in [0.5, 0.6) is 0 Å². The summed E-state index contributed by atoms with van der Waals surface area (Å²) in [7, 11) is 0. The first-order chi connectivity index (χ1) is 37.0. The molecule has 0 radical (unpaired) electrons. The number of rotatable bonds is 58. The quantitative estimate of drug-likeness (QED) is 0.0167. The number of esters is 3. The monoisotopic (exact) mass is 1080 g/mol. The van der Waals surface area contributed by atoms with E-state index in [1.54, 1.807) is 0 Å². The molecule has 0 bridgehead atoms. The Morgan fingerprint density at radius 1 is 0.355 bits per heavy atom. The fourth-order valence-electron chi connectivity index (χ4n) is 8.84. The first kappa shape index (κ1) is 73.3. The minimum atomic E-state index is -1.01. The lowest BCUT2D eigenvalue weighted by Gasteiger charge is -2.17. The molecular formula is C63H116O13. The average molecular weight is 1080 g/mol. The van der Waals surface area contributed by atoms with Gasteiger partial charge in [-0.15, -0.1) is 0 Å². The van der Waals surface area contributed by atoms with E-state index >= 15 is 0 Å². The lowest BCUT2D eigenvalue weighted by Crippen LogP contribution is -2.29. The van der Waals surface area contributed by atoms with Crippen LogP contribution in [-0.2, 0) is 38.1 Å². The summed E-state index contributed by atoms with van der Waals surface area (Å²) in [6, 6.07) is 0. The largest absolute Gasteiger partial charge is 0.463 e. The molecule has 13 heteroatoms. The molecule has 13 nitrogen and oxygen atoms in total. The molecule has 0 aromatic rings. The lowest BCUT2D eigenvalue weighted by molar-refractivity contribution is -0.150. The highest BCUT2D eigenvalue weighted by molar-refractivity contribution is 5.70. The molecule has 0 saturated heterocycles. The van der Waals surface area contributed by atoms with E-state index in [2.05, 4.69) is 57.2 Å². The summed E-state index contributed by atoms with van der Waals surface area (Å²) in [5.41, 5.74) is 0. The van der Waals surface area contributed by atoms with Crippen LogP contribution in [0, 0.1) is 0 Å². The lowest BCUT2D eigenvalue weighted by atomic mass is 10.0. The van der Waals surface area contributed by atoms with Crippen molar-refractivity contribution in [3.05, 3.63) is 36.5 Å². The molecule has 0 aliphatic heterocycles. The van der Waals surface area contributed by atoms with Gasteiger partial charge in [-0.05, 0) is 96.3 Å². The van der Waals surface area contributed by atoms with E-state index < -0.39 is 24.9 Å². The van der Waals surface area contributed by atoms with E-state index in [0.29, 0.717) is 12.8 Å². The first-order valence-electron chi connectivity index (χ1n) is 31.0. The molecule has 0 aliphatic carbocycles. The van der Waals surface area contributed by atoms with Crippen LogP contribution in [0.25, 0.3) is 0 Å². The Kier molecular flexibility index (Phi) is 55.1. The minimum Gasteiger partial charge on any atom is -0.463 e. The molecule has 5 N–H and O–H groups in total. The zero-order valence-corrected chi connectivity index (χ0v) is 48.8.